The normalized spacial score (nSPS) is 11.8. The molecule has 0 unspecified atom stereocenters. The Hall–Kier alpha value is -3.09. The molecule has 0 fully saturated rings. The molecule has 3 heterocycles. The van der Waals surface area contributed by atoms with Crippen LogP contribution in [0.25, 0.3) is 22.6 Å². The van der Waals surface area contributed by atoms with Gasteiger partial charge in [0.25, 0.3) is 5.56 Å². The molecule has 0 atom stereocenters. The van der Waals surface area contributed by atoms with E-state index in [1.165, 1.54) is 14.7 Å². The summed E-state index contributed by atoms with van der Waals surface area (Å²) in [6, 6.07) is 6.26. The molecule has 1 aromatic carbocycles. The molecule has 0 aliphatic heterocycles. The van der Waals surface area contributed by atoms with Gasteiger partial charge in [-0.25, -0.2) is 4.79 Å². The molecule has 0 bridgehead atoms. The number of aryl methyl sites for hydroxylation is 4. The summed E-state index contributed by atoms with van der Waals surface area (Å²) in [6.45, 7) is 10.2. The van der Waals surface area contributed by atoms with Gasteiger partial charge in [-0.05, 0) is 46.2 Å². The summed E-state index contributed by atoms with van der Waals surface area (Å²) in [7, 11) is 1.66. The van der Waals surface area contributed by atoms with Gasteiger partial charge in [-0.3, -0.25) is 22.9 Å². The molecule has 0 N–H and O–H groups in total. The predicted octanol–water partition coefficient (Wildman–Crippen LogP) is 2.39. The van der Waals surface area contributed by atoms with Crippen molar-refractivity contribution in [2.45, 2.75) is 41.2 Å². The van der Waals surface area contributed by atoms with E-state index in [1.54, 1.807) is 14.0 Å². The molecule has 3 aromatic heterocycles. The van der Waals surface area contributed by atoms with Crippen molar-refractivity contribution in [2.75, 3.05) is 0 Å². The maximum absolute atomic E-state index is 13.0. The maximum atomic E-state index is 13.0. The van der Waals surface area contributed by atoms with Crippen molar-refractivity contribution in [3.8, 4) is 5.69 Å². The Kier molecular flexibility index (Phi) is 3.66. The molecule has 0 saturated carbocycles. The van der Waals surface area contributed by atoms with Crippen LogP contribution in [0.3, 0.4) is 0 Å². The topological polar surface area (TPSA) is 66.2 Å². The van der Waals surface area contributed by atoms with Crippen LogP contribution in [0.1, 0.15) is 29.4 Å². The Balaban J connectivity index is 2.25. The average molecular weight is 365 g/mol. The number of hydrogen-bond donors (Lipinski definition) is 0. The predicted molar refractivity (Wildman–Crippen MR) is 106 cm³/mol. The molecule has 0 saturated heterocycles. The lowest BCUT2D eigenvalue weighted by atomic mass is 10.1. The van der Waals surface area contributed by atoms with Gasteiger partial charge in [-0.15, -0.1) is 0 Å². The number of fused-ring (bicyclic) bond motifs is 3. The number of aromatic nitrogens is 5. The van der Waals surface area contributed by atoms with Crippen LogP contribution in [0.5, 0.6) is 0 Å². The summed E-state index contributed by atoms with van der Waals surface area (Å²) in [6.07, 6.45) is 0. The minimum absolute atomic E-state index is 0.302. The van der Waals surface area contributed by atoms with Gasteiger partial charge in [0.2, 0.25) is 5.78 Å². The molecule has 4 aromatic rings. The summed E-state index contributed by atoms with van der Waals surface area (Å²) in [5, 5.41) is 0. The zero-order chi connectivity index (χ0) is 19.6. The minimum Gasteiger partial charge on any atom is -0.282 e. The van der Waals surface area contributed by atoms with Crippen LogP contribution in [0.4, 0.5) is 0 Å². The number of rotatable bonds is 2. The van der Waals surface area contributed by atoms with Crippen LogP contribution >= 0.6 is 0 Å². The monoisotopic (exact) mass is 365 g/mol. The van der Waals surface area contributed by atoms with Crippen LogP contribution in [-0.2, 0) is 13.6 Å². The van der Waals surface area contributed by atoms with Gasteiger partial charge >= 0.3 is 5.69 Å². The van der Waals surface area contributed by atoms with E-state index in [4.69, 9.17) is 4.98 Å². The molecule has 27 heavy (non-hydrogen) atoms. The van der Waals surface area contributed by atoms with Gasteiger partial charge in [0, 0.05) is 25.0 Å². The number of benzene rings is 1. The van der Waals surface area contributed by atoms with E-state index in [0.717, 1.165) is 22.6 Å². The fourth-order valence-corrected chi connectivity index (χ4v) is 3.87. The van der Waals surface area contributed by atoms with E-state index in [9.17, 15) is 9.59 Å². The zero-order valence-electron chi connectivity index (χ0n) is 16.5. The first-order valence-electron chi connectivity index (χ1n) is 9.05. The SMILES string of the molecule is CCn1c(=O)c2c(nc3n(-c4ccc(C)cc4C)c(C)c(C)n23)n(C)c1=O. The number of hydrogen-bond acceptors (Lipinski definition) is 3. The second-order valence-corrected chi connectivity index (χ2v) is 7.11. The van der Waals surface area contributed by atoms with Gasteiger partial charge in [-0.1, -0.05) is 17.7 Å². The van der Waals surface area contributed by atoms with Crippen molar-refractivity contribution < 1.29 is 0 Å². The highest BCUT2D eigenvalue weighted by molar-refractivity contribution is 5.77. The van der Waals surface area contributed by atoms with E-state index in [1.807, 2.05) is 18.2 Å². The zero-order valence-corrected chi connectivity index (χ0v) is 16.5. The second kappa shape index (κ2) is 5.70. The third-order valence-electron chi connectivity index (χ3n) is 5.43. The van der Waals surface area contributed by atoms with Gasteiger partial charge in [0.1, 0.15) is 0 Å². The molecule has 0 amide bonds. The summed E-state index contributed by atoms with van der Waals surface area (Å²) in [5.41, 5.74) is 5.50. The average Bonchev–Trinajstić information content (AvgIpc) is 3.11. The van der Waals surface area contributed by atoms with Gasteiger partial charge < -0.3 is 0 Å². The lowest BCUT2D eigenvalue weighted by Gasteiger charge is -2.10. The van der Waals surface area contributed by atoms with E-state index in [2.05, 4.69) is 36.6 Å². The lowest BCUT2D eigenvalue weighted by Crippen LogP contribution is -2.38. The van der Waals surface area contributed by atoms with Gasteiger partial charge in [0.05, 0.1) is 5.69 Å². The van der Waals surface area contributed by atoms with Crippen molar-refractivity contribution in [1.29, 1.82) is 0 Å². The highest BCUT2D eigenvalue weighted by Gasteiger charge is 2.23. The molecule has 0 radical (unpaired) electrons. The summed E-state index contributed by atoms with van der Waals surface area (Å²) >= 11 is 0. The Bertz CT molecular complexity index is 1350. The molecule has 0 aliphatic rings. The van der Waals surface area contributed by atoms with Crippen LogP contribution in [0, 0.1) is 27.7 Å². The number of nitrogens with zero attached hydrogens (tertiary/aromatic N) is 5. The van der Waals surface area contributed by atoms with Crippen molar-refractivity contribution in [3.05, 3.63) is 61.6 Å². The lowest BCUT2D eigenvalue weighted by molar-refractivity contribution is 0.636. The minimum atomic E-state index is -0.344. The van der Waals surface area contributed by atoms with E-state index < -0.39 is 0 Å². The number of imidazole rings is 2. The van der Waals surface area contributed by atoms with E-state index in [0.29, 0.717) is 23.5 Å². The van der Waals surface area contributed by atoms with Crippen molar-refractivity contribution in [2.24, 2.45) is 7.05 Å². The van der Waals surface area contributed by atoms with E-state index >= 15 is 0 Å². The summed E-state index contributed by atoms with van der Waals surface area (Å²) < 4.78 is 6.64. The van der Waals surface area contributed by atoms with Gasteiger partial charge in [-0.2, -0.15) is 4.98 Å². The largest absolute Gasteiger partial charge is 0.332 e. The van der Waals surface area contributed by atoms with Gasteiger partial charge in [0.15, 0.2) is 11.2 Å². The fraction of sp³-hybridized carbons (Fsp3) is 0.350. The van der Waals surface area contributed by atoms with Crippen LogP contribution < -0.4 is 11.2 Å². The highest BCUT2D eigenvalue weighted by Crippen LogP contribution is 2.26. The fourth-order valence-electron chi connectivity index (χ4n) is 3.87. The molecule has 140 valence electrons. The molecular formula is C20H23N5O2. The second-order valence-electron chi connectivity index (χ2n) is 7.11. The quantitative estimate of drug-likeness (QED) is 0.548. The summed E-state index contributed by atoms with van der Waals surface area (Å²) in [4.78, 5) is 30.2. The first-order valence-corrected chi connectivity index (χ1v) is 9.05. The molecule has 0 aliphatic carbocycles. The Morgan fingerprint density at radius 1 is 1.04 bits per heavy atom. The first kappa shape index (κ1) is 17.3. The molecular weight excluding hydrogens is 342 g/mol. The summed E-state index contributed by atoms with van der Waals surface area (Å²) in [5.74, 6) is 0.646. The standard InChI is InChI=1S/C20H23N5O2/c1-7-23-18(26)16-17(22(6)20(23)27)21-19-24(13(4)14(5)25(16)19)15-9-8-11(2)10-12(15)3/h8-10H,7H2,1-6H3. The van der Waals surface area contributed by atoms with Crippen molar-refractivity contribution in [1.82, 2.24) is 23.1 Å². The molecule has 4 rings (SSSR count). The van der Waals surface area contributed by atoms with Crippen LogP contribution in [-0.4, -0.2) is 23.1 Å². The highest BCUT2D eigenvalue weighted by atomic mass is 16.2. The van der Waals surface area contributed by atoms with Crippen LogP contribution in [0.2, 0.25) is 0 Å². The Labute approximate surface area is 156 Å². The Morgan fingerprint density at radius 3 is 2.37 bits per heavy atom. The van der Waals surface area contributed by atoms with Crippen molar-refractivity contribution in [3.63, 3.8) is 0 Å². The molecule has 7 nitrogen and oxygen atoms in total. The maximum Gasteiger partial charge on any atom is 0.332 e. The third-order valence-corrected chi connectivity index (χ3v) is 5.43. The smallest absolute Gasteiger partial charge is 0.282 e. The van der Waals surface area contributed by atoms with E-state index in [-0.39, 0.29) is 11.2 Å². The van der Waals surface area contributed by atoms with Crippen molar-refractivity contribution >= 4 is 16.9 Å². The Morgan fingerprint density at radius 2 is 1.74 bits per heavy atom. The first-order chi connectivity index (χ1) is 12.8. The molecule has 0 spiro atoms. The third kappa shape index (κ3) is 2.17. The van der Waals surface area contributed by atoms with Crippen LogP contribution in [0.15, 0.2) is 27.8 Å². The molecule has 7 heteroatoms.